The Morgan fingerprint density at radius 1 is 0.842 bits per heavy atom. The Kier molecular flexibility index (Phi) is 4.00. The summed E-state index contributed by atoms with van der Waals surface area (Å²) in [6.07, 6.45) is 0. The van der Waals surface area contributed by atoms with Gasteiger partial charge in [-0.1, -0.05) is 0 Å². The van der Waals surface area contributed by atoms with Crippen molar-refractivity contribution in [2.45, 2.75) is 24.7 Å². The Morgan fingerprint density at radius 2 is 1.42 bits per heavy atom. The molecule has 1 aromatic carbocycles. The molecule has 1 radical (unpaired) electrons. The molecule has 3 aromatic rings. The second-order valence-electron chi connectivity index (χ2n) is 6.40. The van der Waals surface area contributed by atoms with E-state index in [9.17, 15) is 0 Å². The first kappa shape index (κ1) is 14.7. The van der Waals surface area contributed by atoms with Crippen molar-refractivity contribution >= 4 is 86.8 Å². The van der Waals surface area contributed by atoms with Gasteiger partial charge >= 0.3 is 136 Å². The Bertz CT molecular complexity index is 694. The Morgan fingerprint density at radius 3 is 2.00 bits per heavy atom. The van der Waals surface area contributed by atoms with Crippen LogP contribution in [0, 0.1) is 0 Å². The molecule has 4 heteroatoms. The molecule has 0 aliphatic heterocycles. The molecular weight excluding hydrogens is 482 g/mol. The topological polar surface area (TPSA) is 0 Å². The Hall–Kier alpha value is 0.737. The Labute approximate surface area is 134 Å². The van der Waals surface area contributed by atoms with E-state index in [1.54, 1.807) is 5.79 Å². The van der Waals surface area contributed by atoms with Crippen LogP contribution >= 0.6 is 22.7 Å². The third-order valence-corrected chi connectivity index (χ3v) is 21.7. The van der Waals surface area contributed by atoms with Crippen LogP contribution in [0.3, 0.4) is 0 Å². The van der Waals surface area contributed by atoms with Crippen molar-refractivity contribution in [2.75, 3.05) is 0 Å². The summed E-state index contributed by atoms with van der Waals surface area (Å²) in [5, 5.41) is 2.96. The summed E-state index contributed by atoms with van der Waals surface area (Å²) in [5.74, 6) is 0. The van der Waals surface area contributed by atoms with Crippen LogP contribution in [0.25, 0.3) is 20.2 Å². The van der Waals surface area contributed by atoms with Gasteiger partial charge < -0.3 is 0 Å². The van der Waals surface area contributed by atoms with Gasteiger partial charge in [0.25, 0.3) is 0 Å². The molecule has 0 N–H and O–H groups in total. The van der Waals surface area contributed by atoms with Crippen molar-refractivity contribution < 1.29 is 0 Å². The summed E-state index contributed by atoms with van der Waals surface area (Å²) < 4.78 is 6.39. The molecule has 0 spiro atoms. The zero-order chi connectivity index (χ0) is 13.8. The van der Waals surface area contributed by atoms with E-state index in [2.05, 4.69) is 60.3 Å². The van der Waals surface area contributed by atoms with Gasteiger partial charge in [0.1, 0.15) is 0 Å². The van der Waals surface area contributed by atoms with Crippen LogP contribution in [0.15, 0.2) is 24.3 Å². The van der Waals surface area contributed by atoms with Crippen LogP contribution in [-0.4, -0.2) is 38.1 Å². The summed E-state index contributed by atoms with van der Waals surface area (Å²) in [4.78, 5) is 12.5. The van der Waals surface area contributed by atoms with Crippen molar-refractivity contribution in [3.8, 4) is 0 Å². The van der Waals surface area contributed by atoms with E-state index in [1.807, 2.05) is 11.3 Å². The van der Waals surface area contributed by atoms with Crippen molar-refractivity contribution in [3.05, 3.63) is 24.3 Å². The molecule has 99 valence electrons. The molecule has 0 nitrogen and oxygen atoms in total. The second-order valence-corrected chi connectivity index (χ2v) is 32.3. The first-order valence-corrected chi connectivity index (χ1v) is 25.4. The zero-order valence-electron chi connectivity index (χ0n) is 12.1. The van der Waals surface area contributed by atoms with E-state index in [0.29, 0.717) is 0 Å². The minimum absolute atomic E-state index is 1.20. The summed E-state index contributed by atoms with van der Waals surface area (Å²) in [6.45, 7) is 0. The molecule has 0 saturated heterocycles. The fraction of sp³-hybridized carbons (Fsp3) is 0.333. The van der Waals surface area contributed by atoms with E-state index in [1.165, 1.54) is 20.2 Å². The van der Waals surface area contributed by atoms with Gasteiger partial charge in [-0.05, 0) is 0 Å². The normalized spacial score (nSPS) is 12.9. The SMILES string of the molecule is [CH3][Sn]([CH3])[c]1cc2cc3s[c]([Sn]([CH3])([CH3])[CH3])cc3cc2s1. The summed E-state index contributed by atoms with van der Waals surface area (Å²) in [5.41, 5.74) is 0. The summed E-state index contributed by atoms with van der Waals surface area (Å²) in [7, 11) is 0. The second kappa shape index (κ2) is 5.18. The van der Waals surface area contributed by atoms with Crippen molar-refractivity contribution in [1.29, 1.82) is 0 Å². The average molecular weight is 501 g/mol. The first-order valence-electron chi connectivity index (χ1n) is 6.63. The predicted molar refractivity (Wildman–Crippen MR) is 97.3 cm³/mol. The number of fused-ring (bicyclic) bond motifs is 2. The molecule has 0 fully saturated rings. The fourth-order valence-corrected chi connectivity index (χ4v) is 13.6. The maximum absolute atomic E-state index is 2.51. The standard InChI is InChI=1S/C10H4S2.5CH3.2Sn/c1-3-11-9-6-8-2-4-12-10(8)5-7(1)9;;;;;;;/h1-2,5-6H;5*1H3;;. The van der Waals surface area contributed by atoms with Crippen molar-refractivity contribution in [1.82, 2.24) is 0 Å². The van der Waals surface area contributed by atoms with E-state index in [0.717, 1.165) is 0 Å². The molecule has 2 heterocycles. The summed E-state index contributed by atoms with van der Waals surface area (Å²) in [6, 6.07) is 9.81. The number of thiophene rings is 2. The van der Waals surface area contributed by atoms with Gasteiger partial charge in [0, 0.05) is 0 Å². The van der Waals surface area contributed by atoms with Crippen LogP contribution in [-0.2, 0) is 0 Å². The quantitative estimate of drug-likeness (QED) is 0.450. The monoisotopic (exact) mass is 503 g/mol. The fourth-order valence-electron chi connectivity index (χ4n) is 2.19. The predicted octanol–water partition coefficient (Wildman–Crippen LogP) is 4.62. The minimum atomic E-state index is -1.90. The van der Waals surface area contributed by atoms with Crippen LogP contribution in [0.4, 0.5) is 0 Å². The van der Waals surface area contributed by atoms with E-state index in [4.69, 9.17) is 0 Å². The molecule has 2 aromatic heterocycles. The first-order chi connectivity index (χ1) is 8.84. The van der Waals surface area contributed by atoms with Gasteiger partial charge in [-0.25, -0.2) is 0 Å². The average Bonchev–Trinajstić information content (AvgIpc) is 2.86. The van der Waals surface area contributed by atoms with Crippen LogP contribution in [0.2, 0.25) is 24.7 Å². The van der Waals surface area contributed by atoms with E-state index < -0.39 is 38.1 Å². The van der Waals surface area contributed by atoms with Gasteiger partial charge in [0.05, 0.1) is 0 Å². The number of hydrogen-bond donors (Lipinski definition) is 0. The number of hydrogen-bond acceptors (Lipinski definition) is 2. The summed E-state index contributed by atoms with van der Waals surface area (Å²) >= 11 is 0.998. The van der Waals surface area contributed by atoms with Crippen molar-refractivity contribution in [2.24, 2.45) is 0 Å². The molecule has 3 rings (SSSR count). The molecule has 0 saturated carbocycles. The van der Waals surface area contributed by atoms with Gasteiger partial charge in [0.2, 0.25) is 0 Å². The van der Waals surface area contributed by atoms with Crippen LogP contribution in [0.1, 0.15) is 0 Å². The number of rotatable bonds is 2. The molecule has 0 aliphatic carbocycles. The molecule has 0 atom stereocenters. The van der Waals surface area contributed by atoms with Gasteiger partial charge in [-0.3, -0.25) is 0 Å². The zero-order valence-corrected chi connectivity index (χ0v) is 19.5. The molecule has 0 aliphatic rings. The van der Waals surface area contributed by atoms with Crippen molar-refractivity contribution in [3.63, 3.8) is 0 Å². The van der Waals surface area contributed by atoms with Crippen LogP contribution in [0.5, 0.6) is 0 Å². The Balaban J connectivity index is 2.21. The van der Waals surface area contributed by atoms with Gasteiger partial charge in [0.15, 0.2) is 0 Å². The van der Waals surface area contributed by atoms with Gasteiger partial charge in [-0.15, -0.1) is 0 Å². The van der Waals surface area contributed by atoms with Crippen LogP contribution < -0.4 is 5.79 Å². The molecule has 19 heavy (non-hydrogen) atoms. The van der Waals surface area contributed by atoms with E-state index >= 15 is 0 Å². The number of benzene rings is 1. The molecular formula is C15H19S2Sn2. The van der Waals surface area contributed by atoms with Gasteiger partial charge in [-0.2, -0.15) is 0 Å². The molecule has 0 amide bonds. The molecule has 0 unspecified atom stereocenters. The third kappa shape index (κ3) is 2.87. The van der Waals surface area contributed by atoms with E-state index in [-0.39, 0.29) is 0 Å². The third-order valence-electron chi connectivity index (χ3n) is 3.39. The molecule has 0 bridgehead atoms. The maximum atomic E-state index is 2.51.